The maximum atomic E-state index is 12.9. The van der Waals surface area contributed by atoms with Crippen molar-refractivity contribution in [2.45, 2.75) is 13.8 Å². The van der Waals surface area contributed by atoms with Gasteiger partial charge in [0, 0.05) is 22.0 Å². The molecule has 0 radical (unpaired) electrons. The van der Waals surface area contributed by atoms with E-state index in [1.54, 1.807) is 35.8 Å². The predicted molar refractivity (Wildman–Crippen MR) is 112 cm³/mol. The van der Waals surface area contributed by atoms with Gasteiger partial charge in [0.05, 0.1) is 5.69 Å². The molecule has 2 aromatic carbocycles. The van der Waals surface area contributed by atoms with Crippen molar-refractivity contribution in [3.05, 3.63) is 81.3 Å². The van der Waals surface area contributed by atoms with Crippen molar-refractivity contribution in [2.75, 3.05) is 5.32 Å². The minimum Gasteiger partial charge on any atom is -0.438 e. The minimum absolute atomic E-state index is 0.234. The normalized spacial score (nSPS) is 11.8. The van der Waals surface area contributed by atoms with E-state index in [4.69, 9.17) is 16.0 Å². The third-order valence-corrected chi connectivity index (χ3v) is 5.33. The summed E-state index contributed by atoms with van der Waals surface area (Å²) in [6.45, 7) is 4.01. The van der Waals surface area contributed by atoms with Gasteiger partial charge in [-0.25, -0.2) is 9.98 Å². The molecule has 0 saturated heterocycles. The molecule has 0 bridgehead atoms. The maximum absolute atomic E-state index is 12.9. The van der Waals surface area contributed by atoms with Gasteiger partial charge in [-0.15, -0.1) is 11.3 Å². The molecule has 0 unspecified atom stereocenters. The van der Waals surface area contributed by atoms with Gasteiger partial charge in [0.15, 0.2) is 5.13 Å². The summed E-state index contributed by atoms with van der Waals surface area (Å²) in [4.78, 5) is 21.7. The number of hydrogen-bond donors (Lipinski definition) is 1. The Labute approximate surface area is 170 Å². The second-order valence-corrected chi connectivity index (χ2v) is 7.60. The van der Waals surface area contributed by atoms with E-state index in [-0.39, 0.29) is 11.5 Å². The fourth-order valence-corrected chi connectivity index (χ4v) is 3.47. The minimum atomic E-state index is -0.343. The molecule has 7 heteroatoms. The van der Waals surface area contributed by atoms with E-state index in [1.807, 2.05) is 32.0 Å². The number of hydrogen-bond acceptors (Lipinski definition) is 5. The Bertz CT molecular complexity index is 1250. The lowest BCUT2D eigenvalue weighted by Crippen LogP contribution is -2.21. The zero-order valence-corrected chi connectivity index (χ0v) is 16.8. The Balaban J connectivity index is 1.92. The molecule has 0 spiro atoms. The average Bonchev–Trinajstić information content (AvgIpc) is 3.18. The smallest absolute Gasteiger partial charge is 0.262 e. The fraction of sp³-hybridized carbons (Fsp3) is 0.0952. The predicted octanol–water partition coefficient (Wildman–Crippen LogP) is 5.64. The largest absolute Gasteiger partial charge is 0.438 e. The molecule has 0 aliphatic rings. The number of carbonyl (C=O) groups excluding carboxylic acids is 1. The molecule has 2 heterocycles. The summed E-state index contributed by atoms with van der Waals surface area (Å²) < 4.78 is 5.98. The Hall–Kier alpha value is -2.96. The SMILES string of the molecule is Cc1cccc(N=c2oc3ccc(Cl)cc3cc2C(=O)Nc2nccs2)c1C. The lowest BCUT2D eigenvalue weighted by Gasteiger charge is -2.07. The van der Waals surface area contributed by atoms with Crippen molar-refractivity contribution in [3.8, 4) is 0 Å². The molecular weight excluding hydrogens is 394 g/mol. The van der Waals surface area contributed by atoms with Crippen LogP contribution in [-0.2, 0) is 0 Å². The number of aryl methyl sites for hydroxylation is 1. The van der Waals surface area contributed by atoms with E-state index in [2.05, 4.69) is 15.3 Å². The van der Waals surface area contributed by atoms with Crippen molar-refractivity contribution in [2.24, 2.45) is 4.99 Å². The zero-order chi connectivity index (χ0) is 19.7. The van der Waals surface area contributed by atoms with Crippen LogP contribution in [0.4, 0.5) is 10.8 Å². The molecule has 2 aromatic heterocycles. The first-order valence-corrected chi connectivity index (χ1v) is 9.82. The number of anilines is 1. The van der Waals surface area contributed by atoms with Crippen LogP contribution in [0.1, 0.15) is 21.5 Å². The van der Waals surface area contributed by atoms with Crippen LogP contribution in [-0.4, -0.2) is 10.9 Å². The summed E-state index contributed by atoms with van der Waals surface area (Å²) in [5.41, 5.74) is 4.03. The number of nitrogens with one attached hydrogen (secondary N) is 1. The molecule has 0 fully saturated rings. The van der Waals surface area contributed by atoms with Gasteiger partial charge in [-0.1, -0.05) is 23.7 Å². The maximum Gasteiger partial charge on any atom is 0.262 e. The molecule has 0 aliphatic heterocycles. The van der Waals surface area contributed by atoms with Gasteiger partial charge >= 0.3 is 0 Å². The molecule has 0 saturated carbocycles. The van der Waals surface area contributed by atoms with Crippen LogP contribution in [0.2, 0.25) is 5.02 Å². The molecule has 4 rings (SSSR count). The van der Waals surface area contributed by atoms with Gasteiger partial charge in [-0.2, -0.15) is 0 Å². The standard InChI is InChI=1S/C21H16ClN3O2S/c1-12-4-3-5-17(13(12)2)24-20-16(19(26)25-21-23-8-9-28-21)11-14-10-15(22)6-7-18(14)27-20/h3-11H,1-2H3,(H,23,25,26). The Morgan fingerprint density at radius 2 is 2.07 bits per heavy atom. The molecule has 28 heavy (non-hydrogen) atoms. The van der Waals surface area contributed by atoms with Crippen LogP contribution in [0.5, 0.6) is 0 Å². The molecule has 0 atom stereocenters. The van der Waals surface area contributed by atoms with Gasteiger partial charge in [0.25, 0.3) is 5.91 Å². The van der Waals surface area contributed by atoms with Crippen molar-refractivity contribution < 1.29 is 9.21 Å². The van der Waals surface area contributed by atoms with E-state index in [9.17, 15) is 4.79 Å². The third kappa shape index (κ3) is 3.69. The summed E-state index contributed by atoms with van der Waals surface area (Å²) in [5.74, 6) is -0.343. The summed E-state index contributed by atoms with van der Waals surface area (Å²) in [7, 11) is 0. The van der Waals surface area contributed by atoms with Crippen LogP contribution >= 0.6 is 22.9 Å². The number of nitrogens with zero attached hydrogens (tertiary/aromatic N) is 2. The number of amides is 1. The van der Waals surface area contributed by atoms with Crippen LogP contribution < -0.4 is 10.9 Å². The van der Waals surface area contributed by atoms with Crippen molar-refractivity contribution >= 4 is 50.6 Å². The Morgan fingerprint density at radius 1 is 1.21 bits per heavy atom. The summed E-state index contributed by atoms with van der Waals surface area (Å²) in [6.07, 6.45) is 1.63. The highest BCUT2D eigenvalue weighted by Crippen LogP contribution is 2.23. The number of rotatable bonds is 3. The quantitative estimate of drug-likeness (QED) is 0.475. The molecule has 0 aliphatic carbocycles. The number of aromatic nitrogens is 1. The Morgan fingerprint density at radius 3 is 2.86 bits per heavy atom. The molecule has 5 nitrogen and oxygen atoms in total. The fourth-order valence-electron chi connectivity index (χ4n) is 2.76. The summed E-state index contributed by atoms with van der Waals surface area (Å²) in [5, 5.41) is 6.37. The van der Waals surface area contributed by atoms with Crippen molar-refractivity contribution in [1.82, 2.24) is 4.98 Å². The van der Waals surface area contributed by atoms with Gasteiger partial charge in [-0.05, 0) is 55.3 Å². The zero-order valence-electron chi connectivity index (χ0n) is 15.2. The third-order valence-electron chi connectivity index (χ3n) is 4.40. The summed E-state index contributed by atoms with van der Waals surface area (Å²) in [6, 6.07) is 12.8. The first kappa shape index (κ1) is 18.4. The van der Waals surface area contributed by atoms with Crippen molar-refractivity contribution in [1.29, 1.82) is 0 Å². The highest BCUT2D eigenvalue weighted by molar-refractivity contribution is 7.13. The van der Waals surface area contributed by atoms with E-state index in [1.165, 1.54) is 11.3 Å². The van der Waals surface area contributed by atoms with E-state index in [0.717, 1.165) is 22.2 Å². The number of carbonyl (C=O) groups is 1. The average molecular weight is 410 g/mol. The van der Waals surface area contributed by atoms with Crippen LogP contribution in [0.25, 0.3) is 11.0 Å². The first-order valence-electron chi connectivity index (χ1n) is 8.56. The van der Waals surface area contributed by atoms with Crippen LogP contribution in [0.3, 0.4) is 0 Å². The van der Waals surface area contributed by atoms with Gasteiger partial charge in [0.2, 0.25) is 5.55 Å². The molecule has 1 amide bonds. The number of thiazole rings is 1. The second kappa shape index (κ2) is 7.58. The molecule has 1 N–H and O–H groups in total. The monoisotopic (exact) mass is 409 g/mol. The molecule has 140 valence electrons. The Kier molecular flexibility index (Phi) is 4.98. The molecular formula is C21H16ClN3O2S. The molecule has 4 aromatic rings. The van der Waals surface area contributed by atoms with Gasteiger partial charge in [-0.3, -0.25) is 10.1 Å². The van der Waals surface area contributed by atoms with Gasteiger partial charge in [0.1, 0.15) is 11.1 Å². The van der Waals surface area contributed by atoms with Crippen molar-refractivity contribution in [3.63, 3.8) is 0 Å². The van der Waals surface area contributed by atoms with E-state index >= 15 is 0 Å². The summed E-state index contributed by atoms with van der Waals surface area (Å²) >= 11 is 7.44. The van der Waals surface area contributed by atoms with E-state index < -0.39 is 0 Å². The lowest BCUT2D eigenvalue weighted by molar-refractivity contribution is 0.102. The number of benzene rings is 2. The number of fused-ring (bicyclic) bond motifs is 1. The van der Waals surface area contributed by atoms with Gasteiger partial charge < -0.3 is 4.42 Å². The highest BCUT2D eigenvalue weighted by Gasteiger charge is 2.15. The highest BCUT2D eigenvalue weighted by atomic mass is 35.5. The second-order valence-electron chi connectivity index (χ2n) is 6.27. The van der Waals surface area contributed by atoms with E-state index in [0.29, 0.717) is 21.3 Å². The topological polar surface area (TPSA) is 67.5 Å². The van der Waals surface area contributed by atoms with Crippen LogP contribution in [0.15, 0.2) is 63.5 Å². The first-order chi connectivity index (χ1) is 13.5. The van der Waals surface area contributed by atoms with Crippen LogP contribution in [0, 0.1) is 13.8 Å². The lowest BCUT2D eigenvalue weighted by atomic mass is 10.1. The number of halogens is 1.